The molecule has 0 saturated heterocycles. The van der Waals surface area contributed by atoms with Gasteiger partial charge in [0, 0.05) is 32.2 Å². The Morgan fingerprint density at radius 2 is 1.83 bits per heavy atom. The fourth-order valence-corrected chi connectivity index (χ4v) is 6.30. The number of benzene rings is 2. The molecule has 9 nitrogen and oxygen atoms in total. The van der Waals surface area contributed by atoms with Crippen molar-refractivity contribution in [2.75, 3.05) is 32.2 Å². The van der Waals surface area contributed by atoms with Gasteiger partial charge in [0.15, 0.2) is 0 Å². The van der Waals surface area contributed by atoms with E-state index in [1.54, 1.807) is 12.1 Å². The third-order valence-corrected chi connectivity index (χ3v) is 8.83. The van der Waals surface area contributed by atoms with Crippen LogP contribution in [0.25, 0.3) is 0 Å². The zero-order valence-corrected chi connectivity index (χ0v) is 21.7. The molecule has 0 bridgehead atoms. The first-order chi connectivity index (χ1) is 16.4. The van der Waals surface area contributed by atoms with Crippen LogP contribution in [-0.4, -0.2) is 76.5 Å². The van der Waals surface area contributed by atoms with Gasteiger partial charge >= 0.3 is 0 Å². The number of fused-ring (bicyclic) bond motifs is 1. The monoisotopic (exact) mass is 524 g/mol. The van der Waals surface area contributed by atoms with Gasteiger partial charge in [-0.1, -0.05) is 37.3 Å². The number of nitrogens with one attached hydrogen (secondary N) is 1. The van der Waals surface area contributed by atoms with Crippen LogP contribution in [0.4, 0.5) is 0 Å². The summed E-state index contributed by atoms with van der Waals surface area (Å²) in [7, 11) is -5.91. The molecule has 0 aliphatic carbocycles. The SMILES string of the molecule is C[C@H](CS(C)(=O)=O)C(=O)N[C@@H](Cc1ccccc1)[C@H](O)CN(C)S(=O)(=O)c1ccc2c(c1)CCO2. The van der Waals surface area contributed by atoms with Crippen molar-refractivity contribution in [1.82, 2.24) is 9.62 Å². The lowest BCUT2D eigenvalue weighted by atomic mass is 10.00. The number of hydrogen-bond acceptors (Lipinski definition) is 7. The van der Waals surface area contributed by atoms with Gasteiger partial charge in [0.25, 0.3) is 0 Å². The number of rotatable bonds is 11. The van der Waals surface area contributed by atoms with E-state index in [-0.39, 0.29) is 23.6 Å². The van der Waals surface area contributed by atoms with Gasteiger partial charge in [-0.3, -0.25) is 4.79 Å². The topological polar surface area (TPSA) is 130 Å². The Morgan fingerprint density at radius 3 is 2.49 bits per heavy atom. The molecule has 1 heterocycles. The van der Waals surface area contributed by atoms with Crippen molar-refractivity contribution in [3.05, 3.63) is 59.7 Å². The van der Waals surface area contributed by atoms with E-state index in [1.807, 2.05) is 30.3 Å². The molecule has 0 aromatic heterocycles. The van der Waals surface area contributed by atoms with Crippen LogP contribution in [0.3, 0.4) is 0 Å². The van der Waals surface area contributed by atoms with E-state index in [9.17, 15) is 26.7 Å². The maximum atomic E-state index is 13.2. The Morgan fingerprint density at radius 1 is 1.14 bits per heavy atom. The third kappa shape index (κ3) is 7.26. The second-order valence-electron chi connectivity index (χ2n) is 9.02. The predicted molar refractivity (Wildman–Crippen MR) is 132 cm³/mol. The highest BCUT2D eigenvalue weighted by atomic mass is 32.2. The number of ether oxygens (including phenoxy) is 1. The van der Waals surface area contributed by atoms with E-state index in [0.717, 1.165) is 21.7 Å². The number of aliphatic hydroxyl groups excluding tert-OH is 1. The zero-order valence-electron chi connectivity index (χ0n) is 20.0. The molecule has 3 rings (SSSR count). The van der Waals surface area contributed by atoms with Crippen LogP contribution < -0.4 is 10.1 Å². The number of likely N-dealkylation sites (N-methyl/N-ethyl adjacent to an activating group) is 1. The van der Waals surface area contributed by atoms with Crippen molar-refractivity contribution in [3.63, 3.8) is 0 Å². The van der Waals surface area contributed by atoms with Crippen LogP contribution in [-0.2, 0) is 37.5 Å². The normalized spacial score (nSPS) is 16.3. The Hall–Kier alpha value is -2.47. The van der Waals surface area contributed by atoms with Gasteiger partial charge in [-0.2, -0.15) is 4.31 Å². The van der Waals surface area contributed by atoms with Crippen molar-refractivity contribution < 1.29 is 31.5 Å². The van der Waals surface area contributed by atoms with Gasteiger partial charge in [0.05, 0.1) is 29.4 Å². The van der Waals surface area contributed by atoms with E-state index in [0.29, 0.717) is 18.8 Å². The minimum absolute atomic E-state index is 0.0990. The van der Waals surface area contributed by atoms with Crippen LogP contribution in [0, 0.1) is 5.92 Å². The lowest BCUT2D eigenvalue weighted by Crippen LogP contribution is -2.51. The molecule has 0 radical (unpaired) electrons. The fourth-order valence-electron chi connectivity index (χ4n) is 4.00. The number of hydrogen-bond donors (Lipinski definition) is 2. The molecule has 2 aromatic rings. The summed E-state index contributed by atoms with van der Waals surface area (Å²) in [6, 6.07) is 13.0. The maximum absolute atomic E-state index is 13.2. The van der Waals surface area contributed by atoms with Gasteiger partial charge in [-0.25, -0.2) is 16.8 Å². The minimum Gasteiger partial charge on any atom is -0.493 e. The molecule has 0 spiro atoms. The lowest BCUT2D eigenvalue weighted by molar-refractivity contribution is -0.125. The summed E-state index contributed by atoms with van der Waals surface area (Å²) in [6.07, 6.45) is 0.672. The predicted octanol–water partition coefficient (Wildman–Crippen LogP) is 1.01. The number of carbonyl (C=O) groups is 1. The first kappa shape index (κ1) is 27.1. The van der Waals surface area contributed by atoms with Gasteiger partial charge in [-0.05, 0) is 35.7 Å². The quantitative estimate of drug-likeness (QED) is 0.449. The van der Waals surface area contributed by atoms with Gasteiger partial charge in [0.1, 0.15) is 15.6 Å². The summed E-state index contributed by atoms with van der Waals surface area (Å²) < 4.78 is 56.0. The Kier molecular flexibility index (Phi) is 8.58. The average Bonchev–Trinajstić information content (AvgIpc) is 3.26. The molecule has 192 valence electrons. The van der Waals surface area contributed by atoms with Crippen LogP contribution in [0.2, 0.25) is 0 Å². The highest BCUT2D eigenvalue weighted by Crippen LogP contribution is 2.28. The Balaban J connectivity index is 1.76. The molecule has 1 amide bonds. The van der Waals surface area contributed by atoms with E-state index < -0.39 is 43.8 Å². The first-order valence-corrected chi connectivity index (χ1v) is 14.8. The average molecular weight is 525 g/mol. The molecule has 35 heavy (non-hydrogen) atoms. The third-order valence-electron chi connectivity index (χ3n) is 5.90. The number of nitrogens with zero attached hydrogens (tertiary/aromatic N) is 1. The zero-order chi connectivity index (χ0) is 25.8. The van der Waals surface area contributed by atoms with E-state index >= 15 is 0 Å². The molecule has 1 aliphatic rings. The van der Waals surface area contributed by atoms with Gasteiger partial charge in [-0.15, -0.1) is 0 Å². The second-order valence-corrected chi connectivity index (χ2v) is 13.2. The number of aliphatic hydroxyl groups is 1. The smallest absolute Gasteiger partial charge is 0.242 e. The van der Waals surface area contributed by atoms with E-state index in [4.69, 9.17) is 4.74 Å². The molecule has 2 aromatic carbocycles. The number of sulfone groups is 1. The summed E-state index contributed by atoms with van der Waals surface area (Å²) >= 11 is 0. The Bertz CT molecular complexity index is 1250. The molecular formula is C24H32N2O7S2. The molecule has 0 fully saturated rings. The van der Waals surface area contributed by atoms with Crippen LogP contribution in [0.15, 0.2) is 53.4 Å². The standard InChI is InChI=1S/C24H32N2O7S2/c1-17(16-34(3,29)30)24(28)25-21(13-18-7-5-4-6-8-18)22(27)15-26(2)35(31,32)20-9-10-23-19(14-20)11-12-33-23/h4-10,14,17,21-22,27H,11-13,15-16H2,1-3H3,(H,25,28)/t17-,21+,22-/m1/s1. The minimum atomic E-state index is -3.91. The Labute approximate surface area is 207 Å². The molecule has 11 heteroatoms. The largest absolute Gasteiger partial charge is 0.493 e. The molecule has 3 atom stereocenters. The maximum Gasteiger partial charge on any atom is 0.242 e. The number of sulfonamides is 1. The van der Waals surface area contributed by atoms with Crippen molar-refractivity contribution in [2.24, 2.45) is 5.92 Å². The number of amides is 1. The summed E-state index contributed by atoms with van der Waals surface area (Å²) in [4.78, 5) is 12.8. The van der Waals surface area contributed by atoms with Crippen LogP contribution in [0.5, 0.6) is 5.75 Å². The molecule has 1 aliphatic heterocycles. The van der Waals surface area contributed by atoms with E-state index in [1.165, 1.54) is 20.0 Å². The van der Waals surface area contributed by atoms with Crippen LogP contribution in [0.1, 0.15) is 18.1 Å². The summed E-state index contributed by atoms with van der Waals surface area (Å²) in [5.74, 6) is -1.02. The summed E-state index contributed by atoms with van der Waals surface area (Å²) in [6.45, 7) is 1.73. The van der Waals surface area contributed by atoms with Gasteiger partial charge < -0.3 is 15.2 Å². The summed E-state index contributed by atoms with van der Waals surface area (Å²) in [5, 5.41) is 13.7. The molecule has 0 unspecified atom stereocenters. The number of carbonyl (C=O) groups excluding carboxylic acids is 1. The molecular weight excluding hydrogens is 492 g/mol. The molecule has 2 N–H and O–H groups in total. The molecule has 0 saturated carbocycles. The highest BCUT2D eigenvalue weighted by molar-refractivity contribution is 7.90. The highest BCUT2D eigenvalue weighted by Gasteiger charge is 2.30. The van der Waals surface area contributed by atoms with Crippen molar-refractivity contribution in [2.45, 2.75) is 36.8 Å². The summed E-state index contributed by atoms with van der Waals surface area (Å²) in [5.41, 5.74) is 1.64. The van der Waals surface area contributed by atoms with Crippen LogP contribution >= 0.6 is 0 Å². The lowest BCUT2D eigenvalue weighted by Gasteiger charge is -2.29. The van der Waals surface area contributed by atoms with Crippen molar-refractivity contribution in [1.29, 1.82) is 0 Å². The second kappa shape index (κ2) is 11.1. The van der Waals surface area contributed by atoms with Crippen molar-refractivity contribution >= 4 is 25.8 Å². The first-order valence-electron chi connectivity index (χ1n) is 11.3. The van der Waals surface area contributed by atoms with Gasteiger partial charge in [0.2, 0.25) is 15.9 Å². The fraction of sp³-hybridized carbons (Fsp3) is 0.458. The van der Waals surface area contributed by atoms with Crippen molar-refractivity contribution in [3.8, 4) is 5.75 Å². The van der Waals surface area contributed by atoms with E-state index in [2.05, 4.69) is 5.32 Å².